The molecule has 0 N–H and O–H groups in total. The van der Waals surface area contributed by atoms with Crippen molar-refractivity contribution in [2.45, 2.75) is 82.7 Å². The number of fused-ring (bicyclic) bond motifs is 2. The van der Waals surface area contributed by atoms with Crippen LogP contribution in [0.25, 0.3) is 32.9 Å². The molecule has 2 heterocycles. The fraction of sp³-hybridized carbons (Fsp3) is 0.250. The number of halogens is 1. The molecule has 314 valence electrons. The predicted molar refractivity (Wildman–Crippen MR) is 243 cm³/mol. The summed E-state index contributed by atoms with van der Waals surface area (Å²) < 4.78 is 59.9. The van der Waals surface area contributed by atoms with Gasteiger partial charge in [-0.3, -0.25) is 4.68 Å². The summed E-state index contributed by atoms with van der Waals surface area (Å²) in [4.78, 5) is 9.42. The van der Waals surface area contributed by atoms with Crippen LogP contribution in [-0.4, -0.2) is 39.5 Å². The minimum atomic E-state index is -3.93. The van der Waals surface area contributed by atoms with Gasteiger partial charge in [0.2, 0.25) is 15.7 Å². The maximum Gasteiger partial charge on any atom is 0.251 e. The van der Waals surface area contributed by atoms with Crippen molar-refractivity contribution in [1.82, 2.24) is 19.7 Å². The normalized spacial score (nSPS) is 14.0. The molecule has 0 spiro atoms. The van der Waals surface area contributed by atoms with Gasteiger partial charge < -0.3 is 9.47 Å². The quantitative estimate of drug-likeness (QED) is 0.0892. The molecule has 2 aromatic heterocycles. The number of hydrogen-bond acceptors (Lipinski definition) is 7. The van der Waals surface area contributed by atoms with Crippen LogP contribution in [-0.2, 0) is 15.4 Å². The van der Waals surface area contributed by atoms with E-state index in [2.05, 4.69) is 41.4 Å². The minimum Gasteiger partial charge on any atom is -0.483 e. The monoisotopic (exact) mass is 844 g/mol. The van der Waals surface area contributed by atoms with Crippen molar-refractivity contribution in [3.63, 3.8) is 0 Å². The van der Waals surface area contributed by atoms with Crippen molar-refractivity contribution >= 4 is 31.6 Å². The Kier molecular flexibility index (Phi) is 10.5. The third-order valence-corrected chi connectivity index (χ3v) is 13.2. The van der Waals surface area contributed by atoms with Crippen LogP contribution in [0.1, 0.15) is 92.9 Å². The molecule has 1 unspecified atom stereocenters. The van der Waals surface area contributed by atoms with Crippen molar-refractivity contribution in [1.29, 1.82) is 0 Å². The van der Waals surface area contributed by atoms with Gasteiger partial charge in [-0.05, 0) is 92.8 Å². The molecule has 1 aliphatic rings. The molecule has 0 amide bonds. The summed E-state index contributed by atoms with van der Waals surface area (Å²) in [5.74, 6) is -0.0633. The molecule has 0 radical (unpaired) electrons. The van der Waals surface area contributed by atoms with Gasteiger partial charge in [0.15, 0.2) is 5.75 Å². The fourth-order valence-corrected chi connectivity index (χ4v) is 9.28. The number of hydrogen-bond donors (Lipinski definition) is 0. The van der Waals surface area contributed by atoms with Crippen LogP contribution in [0.15, 0.2) is 145 Å². The number of benzene rings is 6. The summed E-state index contributed by atoms with van der Waals surface area (Å²) in [6.45, 7) is 11.0. The van der Waals surface area contributed by atoms with Crippen molar-refractivity contribution in [3.05, 3.63) is 179 Å². The Morgan fingerprint density at radius 1 is 0.774 bits per heavy atom. The molecule has 1 atom stereocenters. The summed E-state index contributed by atoms with van der Waals surface area (Å²) >= 11 is 0. The fourth-order valence-electron chi connectivity index (χ4n) is 8.57. The molecule has 1 saturated carbocycles. The van der Waals surface area contributed by atoms with Gasteiger partial charge in [0.25, 0.3) is 5.16 Å². The van der Waals surface area contributed by atoms with E-state index in [4.69, 9.17) is 19.6 Å². The minimum absolute atomic E-state index is 0.107. The van der Waals surface area contributed by atoms with E-state index in [1.165, 1.54) is 6.07 Å². The second-order valence-corrected chi connectivity index (χ2v) is 19.3. The number of nitrogens with zero attached hydrogens (tertiary/aromatic N) is 4. The second kappa shape index (κ2) is 15.8. The molecule has 9 rings (SSSR count). The Balaban J connectivity index is 1.42. The van der Waals surface area contributed by atoms with Crippen LogP contribution in [0.5, 0.6) is 11.6 Å². The van der Waals surface area contributed by atoms with Crippen LogP contribution in [0, 0.1) is 12.7 Å². The van der Waals surface area contributed by atoms with Gasteiger partial charge in [0.05, 0.1) is 16.7 Å². The number of rotatable bonds is 12. The van der Waals surface area contributed by atoms with Gasteiger partial charge >= 0.3 is 0 Å². The van der Waals surface area contributed by atoms with Crippen LogP contribution in [0.3, 0.4) is 0 Å². The molecule has 8 aromatic rings. The third-order valence-electron chi connectivity index (χ3n) is 11.7. The average Bonchev–Trinajstić information content (AvgIpc) is 4.04. The maximum absolute atomic E-state index is 16.9. The first-order chi connectivity index (χ1) is 29.8. The van der Waals surface area contributed by atoms with E-state index in [-0.39, 0.29) is 28.2 Å². The summed E-state index contributed by atoms with van der Waals surface area (Å²) in [7, 11) is -3.93. The molecule has 1 fully saturated rings. The summed E-state index contributed by atoms with van der Waals surface area (Å²) in [6, 6.07) is 44.1. The highest BCUT2D eigenvalue weighted by atomic mass is 32.2. The third kappa shape index (κ3) is 7.30. The van der Waals surface area contributed by atoms with Gasteiger partial charge in [-0.15, -0.1) is 0 Å². The highest BCUT2D eigenvalue weighted by molar-refractivity contribution is 7.91. The van der Waals surface area contributed by atoms with Crippen molar-refractivity contribution in [3.8, 4) is 22.8 Å². The Hall–Kier alpha value is -6.39. The summed E-state index contributed by atoms with van der Waals surface area (Å²) in [5, 5.41) is 6.18. The Bertz CT molecular complexity index is 2940. The van der Waals surface area contributed by atoms with Crippen molar-refractivity contribution in [2.24, 2.45) is 0 Å². The zero-order valence-corrected chi connectivity index (χ0v) is 36.6. The molecule has 0 saturated heterocycles. The molecular formula is C52H49FN4O4S. The van der Waals surface area contributed by atoms with E-state index < -0.39 is 32.9 Å². The molecule has 1 aliphatic carbocycles. The summed E-state index contributed by atoms with van der Waals surface area (Å²) in [6.07, 6.45) is 3.31. The molecule has 62 heavy (non-hydrogen) atoms. The Labute approximate surface area is 362 Å². The number of sulfone groups is 1. The molecule has 10 heteroatoms. The van der Waals surface area contributed by atoms with E-state index in [0.29, 0.717) is 38.7 Å². The summed E-state index contributed by atoms with van der Waals surface area (Å²) in [5.41, 5.74) is 5.42. The van der Waals surface area contributed by atoms with E-state index in [1.54, 1.807) is 13.8 Å². The van der Waals surface area contributed by atoms with Crippen molar-refractivity contribution in [2.75, 3.05) is 5.75 Å². The lowest BCUT2D eigenvalue weighted by Crippen LogP contribution is -2.38. The first-order valence-corrected chi connectivity index (χ1v) is 22.8. The molecule has 0 aliphatic heterocycles. The average molecular weight is 845 g/mol. The highest BCUT2D eigenvalue weighted by Gasteiger charge is 2.41. The van der Waals surface area contributed by atoms with Crippen LogP contribution in [0.4, 0.5) is 4.39 Å². The van der Waals surface area contributed by atoms with Crippen LogP contribution in [0.2, 0.25) is 0 Å². The predicted octanol–water partition coefficient (Wildman–Crippen LogP) is 11.9. The lowest BCUT2D eigenvalue weighted by Gasteiger charge is -2.36. The first kappa shape index (κ1) is 41.0. The zero-order valence-electron chi connectivity index (χ0n) is 35.8. The standard InChI is InChI=1S/C52H49FN4O4S/c1-7-62(58,59)50-54-47-41(49(55-50)61-51(4,5)6)30-40(36-28-29-36)46(48(47)60-34(3)35-20-12-8-13-21-35)45-33(2)43(53)31-44-42(45)32-57(56-44)52(37-22-14-9-15-23-37,38-24-16-10-17-25-38)39-26-18-11-19-27-39/h8-27,30-32,34,36H,7,28-29H2,1-6H3. The molecule has 6 aromatic carbocycles. The van der Waals surface area contributed by atoms with E-state index in [1.807, 2.05) is 130 Å². The number of aromatic nitrogens is 4. The Morgan fingerprint density at radius 3 is 1.84 bits per heavy atom. The maximum atomic E-state index is 16.9. The van der Waals surface area contributed by atoms with Crippen LogP contribution < -0.4 is 9.47 Å². The highest BCUT2D eigenvalue weighted by Crippen LogP contribution is 2.54. The Morgan fingerprint density at radius 2 is 1.32 bits per heavy atom. The van der Waals surface area contributed by atoms with E-state index in [9.17, 15) is 8.42 Å². The molecule has 8 nitrogen and oxygen atoms in total. The zero-order chi connectivity index (χ0) is 43.4. The first-order valence-electron chi connectivity index (χ1n) is 21.2. The number of ether oxygens (including phenoxy) is 2. The van der Waals surface area contributed by atoms with E-state index >= 15 is 4.39 Å². The molecular weight excluding hydrogens is 796 g/mol. The van der Waals surface area contributed by atoms with E-state index in [0.717, 1.165) is 40.7 Å². The lowest BCUT2D eigenvalue weighted by atomic mass is 9.77. The van der Waals surface area contributed by atoms with Gasteiger partial charge in [-0.25, -0.2) is 17.8 Å². The van der Waals surface area contributed by atoms with Gasteiger partial charge in [-0.2, -0.15) is 10.1 Å². The van der Waals surface area contributed by atoms with Gasteiger partial charge in [0.1, 0.15) is 28.6 Å². The second-order valence-electron chi connectivity index (χ2n) is 17.1. The largest absolute Gasteiger partial charge is 0.483 e. The van der Waals surface area contributed by atoms with Gasteiger partial charge in [-0.1, -0.05) is 128 Å². The van der Waals surface area contributed by atoms with Crippen molar-refractivity contribution < 1.29 is 22.3 Å². The van der Waals surface area contributed by atoms with Crippen LogP contribution >= 0.6 is 0 Å². The lowest BCUT2D eigenvalue weighted by molar-refractivity contribution is 0.125. The smallest absolute Gasteiger partial charge is 0.251 e. The topological polar surface area (TPSA) is 96.2 Å². The molecule has 0 bridgehead atoms. The SMILES string of the molecule is CCS(=O)(=O)c1nc(OC(C)(C)C)c2cc(C3CC3)c(-c3c(C)c(F)cc4nn(C(c5ccccc5)(c5ccccc5)c5ccccc5)cc34)c(OC(C)c3ccccc3)c2n1. The van der Waals surface area contributed by atoms with Gasteiger partial charge in [0, 0.05) is 28.8 Å².